The highest BCUT2D eigenvalue weighted by molar-refractivity contribution is 7.47. The largest absolute Gasteiger partial charge is 0.472 e. The molecule has 57 heavy (non-hydrogen) atoms. The summed E-state index contributed by atoms with van der Waals surface area (Å²) in [5.41, 5.74) is 0. The van der Waals surface area contributed by atoms with E-state index < -0.39 is 20.0 Å². The number of phosphoric ester groups is 1. The molecule has 9 heteroatoms. The second kappa shape index (κ2) is 40.4. The lowest BCUT2D eigenvalue weighted by molar-refractivity contribution is -0.870. The third-order valence-electron chi connectivity index (χ3n) is 10.9. The molecular formula is C48H96N2O6P+. The summed E-state index contributed by atoms with van der Waals surface area (Å²) < 4.78 is 23.6. The maximum Gasteiger partial charge on any atom is 0.472 e. The molecule has 3 N–H and O–H groups in total. The van der Waals surface area contributed by atoms with E-state index in [-0.39, 0.29) is 19.1 Å². The molecule has 0 radical (unpaired) electrons. The van der Waals surface area contributed by atoms with Crippen LogP contribution < -0.4 is 5.32 Å². The predicted octanol–water partition coefficient (Wildman–Crippen LogP) is 13.7. The van der Waals surface area contributed by atoms with Crippen LogP contribution in [0.25, 0.3) is 0 Å². The second-order valence-electron chi connectivity index (χ2n) is 17.8. The van der Waals surface area contributed by atoms with Crippen LogP contribution >= 0.6 is 7.82 Å². The molecule has 0 aromatic rings. The first-order chi connectivity index (χ1) is 27.5. The van der Waals surface area contributed by atoms with Crippen molar-refractivity contribution in [3.8, 4) is 0 Å². The van der Waals surface area contributed by atoms with Crippen molar-refractivity contribution in [2.75, 3.05) is 40.9 Å². The van der Waals surface area contributed by atoms with E-state index in [2.05, 4.69) is 31.3 Å². The molecule has 0 aliphatic heterocycles. The Morgan fingerprint density at radius 1 is 0.579 bits per heavy atom. The number of aliphatic hydroxyl groups is 1. The molecule has 0 aromatic carbocycles. The van der Waals surface area contributed by atoms with Gasteiger partial charge < -0.3 is 19.8 Å². The van der Waals surface area contributed by atoms with Gasteiger partial charge in [-0.3, -0.25) is 13.8 Å². The molecule has 0 aliphatic carbocycles. The van der Waals surface area contributed by atoms with Crippen molar-refractivity contribution in [1.29, 1.82) is 0 Å². The molecule has 0 fully saturated rings. The molecular weight excluding hydrogens is 732 g/mol. The molecule has 0 saturated heterocycles. The van der Waals surface area contributed by atoms with E-state index in [1.165, 1.54) is 154 Å². The van der Waals surface area contributed by atoms with Crippen LogP contribution in [0.2, 0.25) is 0 Å². The van der Waals surface area contributed by atoms with Gasteiger partial charge in [-0.15, -0.1) is 0 Å². The van der Waals surface area contributed by atoms with Crippen molar-refractivity contribution in [2.45, 2.75) is 238 Å². The summed E-state index contributed by atoms with van der Waals surface area (Å²) in [6.07, 6.45) is 48.2. The molecule has 0 saturated carbocycles. The number of hydrogen-bond donors (Lipinski definition) is 3. The van der Waals surface area contributed by atoms with Gasteiger partial charge in [0.1, 0.15) is 13.2 Å². The number of nitrogens with zero attached hydrogens (tertiary/aromatic N) is 1. The number of aliphatic hydroxyl groups excluding tert-OH is 1. The third kappa shape index (κ3) is 42.9. The van der Waals surface area contributed by atoms with E-state index in [0.717, 1.165) is 51.4 Å². The number of likely N-dealkylation sites (N-methyl/N-ethyl adjacent to an activating group) is 1. The Kier molecular flexibility index (Phi) is 39.7. The minimum atomic E-state index is -4.34. The highest BCUT2D eigenvalue weighted by Crippen LogP contribution is 2.43. The van der Waals surface area contributed by atoms with E-state index in [9.17, 15) is 19.4 Å². The van der Waals surface area contributed by atoms with E-state index in [0.29, 0.717) is 17.4 Å². The number of phosphoric acid groups is 1. The number of carbonyl (C=O) groups excluding carboxylic acids is 1. The number of carbonyl (C=O) groups is 1. The molecule has 3 atom stereocenters. The van der Waals surface area contributed by atoms with Crippen molar-refractivity contribution in [1.82, 2.24) is 5.32 Å². The molecule has 338 valence electrons. The lowest BCUT2D eigenvalue weighted by Crippen LogP contribution is -2.45. The van der Waals surface area contributed by atoms with Gasteiger partial charge in [0.25, 0.3) is 0 Å². The predicted molar refractivity (Wildman–Crippen MR) is 245 cm³/mol. The van der Waals surface area contributed by atoms with Crippen molar-refractivity contribution in [3.05, 3.63) is 24.3 Å². The number of hydrogen-bond acceptors (Lipinski definition) is 5. The fourth-order valence-corrected chi connectivity index (χ4v) is 7.77. The monoisotopic (exact) mass is 828 g/mol. The van der Waals surface area contributed by atoms with Gasteiger partial charge in [0.15, 0.2) is 0 Å². The fourth-order valence-electron chi connectivity index (χ4n) is 7.04. The summed E-state index contributed by atoms with van der Waals surface area (Å²) in [6, 6.07) is -0.848. The molecule has 0 heterocycles. The highest BCUT2D eigenvalue weighted by atomic mass is 31.2. The quantitative estimate of drug-likeness (QED) is 0.0244. The SMILES string of the molecule is CCCCCCCCC/C=C\CCCCCCCC(=O)NC(COP(=O)(O)OCC[N+](C)(C)C)C(O)/C=C/CCCCCCCCCCCCCCCCCCC. The maximum absolute atomic E-state index is 12.9. The van der Waals surface area contributed by atoms with Gasteiger partial charge in [-0.25, -0.2) is 4.57 Å². The first kappa shape index (κ1) is 56.0. The van der Waals surface area contributed by atoms with Crippen LogP contribution in [-0.4, -0.2) is 73.4 Å². The van der Waals surface area contributed by atoms with Gasteiger partial charge in [0.2, 0.25) is 5.91 Å². The van der Waals surface area contributed by atoms with Gasteiger partial charge in [0.05, 0.1) is 39.9 Å². The fraction of sp³-hybridized carbons (Fsp3) is 0.896. The topological polar surface area (TPSA) is 105 Å². The summed E-state index contributed by atoms with van der Waals surface area (Å²) in [7, 11) is 1.57. The molecule has 0 aromatic heterocycles. The van der Waals surface area contributed by atoms with Crippen molar-refractivity contribution >= 4 is 13.7 Å². The molecule has 1 amide bonds. The smallest absolute Gasteiger partial charge is 0.387 e. The first-order valence-corrected chi connectivity index (χ1v) is 25.7. The minimum Gasteiger partial charge on any atom is -0.387 e. The summed E-state index contributed by atoms with van der Waals surface area (Å²) in [6.45, 7) is 4.82. The Labute approximate surface area is 354 Å². The Balaban J connectivity index is 4.37. The van der Waals surface area contributed by atoms with E-state index in [4.69, 9.17) is 9.05 Å². The van der Waals surface area contributed by atoms with Crippen LogP contribution in [0.4, 0.5) is 0 Å². The Morgan fingerprint density at radius 3 is 1.35 bits per heavy atom. The Morgan fingerprint density at radius 2 is 0.947 bits per heavy atom. The van der Waals surface area contributed by atoms with Crippen LogP contribution in [0, 0.1) is 0 Å². The van der Waals surface area contributed by atoms with Gasteiger partial charge in [-0.05, 0) is 44.9 Å². The molecule has 0 aliphatic rings. The van der Waals surface area contributed by atoms with Crippen LogP contribution in [0.5, 0.6) is 0 Å². The molecule has 3 unspecified atom stereocenters. The van der Waals surface area contributed by atoms with Crippen LogP contribution in [0.15, 0.2) is 24.3 Å². The average Bonchev–Trinajstić information content (AvgIpc) is 3.16. The summed E-state index contributed by atoms with van der Waals surface area (Å²) >= 11 is 0. The Hall–Kier alpha value is -1.02. The van der Waals surface area contributed by atoms with Crippen molar-refractivity contribution in [3.63, 3.8) is 0 Å². The number of rotatable bonds is 44. The van der Waals surface area contributed by atoms with Gasteiger partial charge in [0, 0.05) is 6.42 Å². The van der Waals surface area contributed by atoms with Crippen LogP contribution in [0.3, 0.4) is 0 Å². The second-order valence-corrected chi connectivity index (χ2v) is 19.3. The zero-order valence-corrected chi connectivity index (χ0v) is 39.2. The highest BCUT2D eigenvalue weighted by Gasteiger charge is 2.27. The first-order valence-electron chi connectivity index (χ1n) is 24.2. The van der Waals surface area contributed by atoms with Crippen LogP contribution in [0.1, 0.15) is 226 Å². The minimum absolute atomic E-state index is 0.0612. The van der Waals surface area contributed by atoms with E-state index in [1.54, 1.807) is 6.08 Å². The van der Waals surface area contributed by atoms with Crippen molar-refractivity contribution < 1.29 is 32.9 Å². The number of amides is 1. The summed E-state index contributed by atoms with van der Waals surface area (Å²) in [4.78, 5) is 23.2. The zero-order chi connectivity index (χ0) is 42.1. The van der Waals surface area contributed by atoms with E-state index in [1.807, 2.05) is 27.2 Å². The number of unbranched alkanes of at least 4 members (excludes halogenated alkanes) is 29. The maximum atomic E-state index is 12.9. The zero-order valence-electron chi connectivity index (χ0n) is 38.3. The van der Waals surface area contributed by atoms with E-state index >= 15 is 0 Å². The average molecular weight is 828 g/mol. The summed E-state index contributed by atoms with van der Waals surface area (Å²) in [5.74, 6) is -0.184. The normalized spacial score (nSPS) is 14.4. The number of nitrogens with one attached hydrogen (secondary N) is 1. The van der Waals surface area contributed by atoms with Gasteiger partial charge in [-0.2, -0.15) is 0 Å². The number of quaternary nitrogens is 1. The third-order valence-corrected chi connectivity index (χ3v) is 11.9. The van der Waals surface area contributed by atoms with Crippen molar-refractivity contribution in [2.24, 2.45) is 0 Å². The summed E-state index contributed by atoms with van der Waals surface area (Å²) in [5, 5.41) is 13.9. The van der Waals surface area contributed by atoms with Gasteiger partial charge in [-0.1, -0.05) is 199 Å². The van der Waals surface area contributed by atoms with Crippen LogP contribution in [-0.2, 0) is 18.4 Å². The molecule has 0 bridgehead atoms. The standard InChI is InChI=1S/C48H95N2O6P/c1-6-8-10-12-14-16-18-20-22-24-25-26-27-29-31-33-35-37-39-41-47(51)46(45-56-57(53,54)55-44-43-50(3,4)5)49-48(52)42-40-38-36-34-32-30-28-23-21-19-17-15-13-11-9-7-2/h23,28,39,41,46-47,51H,6-22,24-27,29-38,40,42-45H2,1-5H3,(H-,49,52,53,54)/p+1/b28-23-,41-39+. The van der Waals surface area contributed by atoms with Gasteiger partial charge >= 0.3 is 7.82 Å². The molecule has 8 nitrogen and oxygen atoms in total. The lowest BCUT2D eigenvalue weighted by atomic mass is 10.0. The lowest BCUT2D eigenvalue weighted by Gasteiger charge is -2.25. The molecule has 0 rings (SSSR count). The number of allylic oxidation sites excluding steroid dienone is 3. The Bertz CT molecular complexity index is 984. The molecule has 0 spiro atoms.